The van der Waals surface area contributed by atoms with Crippen LogP contribution in [0.5, 0.6) is 0 Å². The van der Waals surface area contributed by atoms with Crippen molar-refractivity contribution in [3.05, 3.63) is 33.8 Å². The molecule has 0 aromatic heterocycles. The Labute approximate surface area is 124 Å². The third-order valence-electron chi connectivity index (χ3n) is 2.94. The molecule has 5 heteroatoms. The second-order valence-electron chi connectivity index (χ2n) is 4.74. The minimum absolute atomic E-state index is 0.0342. The van der Waals surface area contributed by atoms with Gasteiger partial charge in [-0.15, -0.1) is 0 Å². The van der Waals surface area contributed by atoms with E-state index in [0.29, 0.717) is 23.0 Å². The van der Waals surface area contributed by atoms with Gasteiger partial charge in [-0.05, 0) is 24.1 Å². The number of carbonyl (C=O) groups is 1. The molecule has 0 saturated carbocycles. The fourth-order valence-corrected chi connectivity index (χ4v) is 2.31. The van der Waals surface area contributed by atoms with Crippen molar-refractivity contribution in [3.63, 3.8) is 0 Å². The van der Waals surface area contributed by atoms with Gasteiger partial charge in [0, 0.05) is 36.1 Å². The molecule has 1 aromatic carbocycles. The molecule has 0 aliphatic rings. The normalized spacial score (nSPS) is 12.3. The van der Waals surface area contributed by atoms with E-state index in [2.05, 4.69) is 6.92 Å². The van der Waals surface area contributed by atoms with Crippen LogP contribution in [0.2, 0.25) is 10.0 Å². The highest BCUT2D eigenvalue weighted by Gasteiger charge is 2.14. The van der Waals surface area contributed by atoms with Crippen LogP contribution in [0.25, 0.3) is 0 Å². The van der Waals surface area contributed by atoms with Gasteiger partial charge in [0.05, 0.1) is 0 Å². The molecule has 0 bridgehead atoms. The summed E-state index contributed by atoms with van der Waals surface area (Å²) in [7, 11) is 1.76. The first-order valence-corrected chi connectivity index (χ1v) is 7.13. The standard InChI is InChI=1S/C14H20Cl2N2O/c1-3-4-12(17)8-14(19)18(2)9-10-5-6-11(15)7-13(10)16/h5-7,12H,3-4,8-9,17H2,1-2H3. The van der Waals surface area contributed by atoms with Crippen LogP contribution in [0.3, 0.4) is 0 Å². The van der Waals surface area contributed by atoms with E-state index in [1.165, 1.54) is 0 Å². The van der Waals surface area contributed by atoms with Gasteiger partial charge in [-0.1, -0.05) is 42.6 Å². The molecule has 1 atom stereocenters. The van der Waals surface area contributed by atoms with Crippen molar-refractivity contribution in [3.8, 4) is 0 Å². The van der Waals surface area contributed by atoms with Gasteiger partial charge < -0.3 is 10.6 Å². The van der Waals surface area contributed by atoms with Crippen LogP contribution in [0.4, 0.5) is 0 Å². The molecule has 1 aromatic rings. The summed E-state index contributed by atoms with van der Waals surface area (Å²) in [4.78, 5) is 13.6. The van der Waals surface area contributed by atoms with E-state index in [0.717, 1.165) is 18.4 Å². The van der Waals surface area contributed by atoms with Crippen molar-refractivity contribution < 1.29 is 4.79 Å². The third kappa shape index (κ3) is 5.39. The van der Waals surface area contributed by atoms with Crippen molar-refractivity contribution in [2.45, 2.75) is 38.8 Å². The Kier molecular flexibility index (Phi) is 6.63. The highest BCUT2D eigenvalue weighted by atomic mass is 35.5. The Morgan fingerprint density at radius 2 is 2.11 bits per heavy atom. The van der Waals surface area contributed by atoms with Gasteiger partial charge in [0.25, 0.3) is 0 Å². The summed E-state index contributed by atoms with van der Waals surface area (Å²) in [6, 6.07) is 5.21. The topological polar surface area (TPSA) is 46.3 Å². The number of nitrogens with zero attached hydrogens (tertiary/aromatic N) is 1. The molecule has 1 amide bonds. The minimum Gasteiger partial charge on any atom is -0.341 e. The fraction of sp³-hybridized carbons (Fsp3) is 0.500. The Hall–Kier alpha value is -0.770. The molecule has 3 nitrogen and oxygen atoms in total. The second kappa shape index (κ2) is 7.73. The molecule has 0 aliphatic heterocycles. The zero-order valence-electron chi connectivity index (χ0n) is 11.3. The van der Waals surface area contributed by atoms with Gasteiger partial charge in [0.15, 0.2) is 0 Å². The molecule has 0 spiro atoms. The summed E-state index contributed by atoms with van der Waals surface area (Å²) in [5.74, 6) is 0.0342. The third-order valence-corrected chi connectivity index (χ3v) is 3.53. The molecule has 1 rings (SSSR count). The number of amides is 1. The van der Waals surface area contributed by atoms with Gasteiger partial charge in [-0.2, -0.15) is 0 Å². The lowest BCUT2D eigenvalue weighted by Gasteiger charge is -2.20. The quantitative estimate of drug-likeness (QED) is 0.874. The summed E-state index contributed by atoms with van der Waals surface area (Å²) in [5.41, 5.74) is 6.76. The van der Waals surface area contributed by atoms with Gasteiger partial charge in [-0.25, -0.2) is 0 Å². The molecular weight excluding hydrogens is 283 g/mol. The number of benzene rings is 1. The number of halogens is 2. The molecule has 0 fully saturated rings. The van der Waals surface area contributed by atoms with Crippen LogP contribution >= 0.6 is 23.2 Å². The zero-order valence-corrected chi connectivity index (χ0v) is 12.8. The van der Waals surface area contributed by atoms with E-state index in [-0.39, 0.29) is 11.9 Å². The molecule has 0 radical (unpaired) electrons. The Balaban J connectivity index is 2.58. The van der Waals surface area contributed by atoms with E-state index in [1.54, 1.807) is 24.1 Å². The summed E-state index contributed by atoms with van der Waals surface area (Å²) >= 11 is 11.9. The van der Waals surface area contributed by atoms with Crippen LogP contribution in [0.1, 0.15) is 31.7 Å². The van der Waals surface area contributed by atoms with Gasteiger partial charge in [-0.3, -0.25) is 4.79 Å². The number of hydrogen-bond acceptors (Lipinski definition) is 2. The predicted molar refractivity (Wildman–Crippen MR) is 80.4 cm³/mol. The van der Waals surface area contributed by atoms with Gasteiger partial charge in [0.1, 0.15) is 0 Å². The molecule has 1 unspecified atom stereocenters. The van der Waals surface area contributed by atoms with Crippen LogP contribution in [0, 0.1) is 0 Å². The van der Waals surface area contributed by atoms with E-state index in [9.17, 15) is 4.79 Å². The highest BCUT2D eigenvalue weighted by Crippen LogP contribution is 2.22. The lowest BCUT2D eigenvalue weighted by Crippen LogP contribution is -2.33. The highest BCUT2D eigenvalue weighted by molar-refractivity contribution is 6.35. The summed E-state index contributed by atoms with van der Waals surface area (Å²) in [6.45, 7) is 2.52. The number of hydrogen-bond donors (Lipinski definition) is 1. The van der Waals surface area contributed by atoms with Crippen LogP contribution in [-0.4, -0.2) is 23.9 Å². The average Bonchev–Trinajstić information content (AvgIpc) is 2.32. The maximum atomic E-state index is 12.0. The Morgan fingerprint density at radius 3 is 2.68 bits per heavy atom. The monoisotopic (exact) mass is 302 g/mol. The van der Waals surface area contributed by atoms with Crippen molar-refractivity contribution in [2.24, 2.45) is 5.73 Å². The van der Waals surface area contributed by atoms with Crippen molar-refractivity contribution in [2.75, 3.05) is 7.05 Å². The first kappa shape index (κ1) is 16.3. The lowest BCUT2D eigenvalue weighted by atomic mass is 10.1. The molecule has 2 N–H and O–H groups in total. The Morgan fingerprint density at radius 1 is 1.42 bits per heavy atom. The number of rotatable bonds is 6. The van der Waals surface area contributed by atoms with Crippen molar-refractivity contribution in [1.82, 2.24) is 4.90 Å². The fourth-order valence-electron chi connectivity index (χ4n) is 1.85. The maximum absolute atomic E-state index is 12.0. The maximum Gasteiger partial charge on any atom is 0.224 e. The zero-order chi connectivity index (χ0) is 14.4. The molecular formula is C14H20Cl2N2O. The van der Waals surface area contributed by atoms with Crippen LogP contribution in [-0.2, 0) is 11.3 Å². The van der Waals surface area contributed by atoms with Gasteiger partial charge >= 0.3 is 0 Å². The average molecular weight is 303 g/mol. The number of carbonyl (C=O) groups excluding carboxylic acids is 1. The number of nitrogens with two attached hydrogens (primary N) is 1. The molecule has 0 heterocycles. The Bertz CT molecular complexity index is 437. The molecule has 19 heavy (non-hydrogen) atoms. The van der Waals surface area contributed by atoms with Crippen LogP contribution < -0.4 is 5.73 Å². The van der Waals surface area contributed by atoms with Crippen molar-refractivity contribution >= 4 is 29.1 Å². The first-order chi connectivity index (χ1) is 8.93. The van der Waals surface area contributed by atoms with E-state index < -0.39 is 0 Å². The largest absolute Gasteiger partial charge is 0.341 e. The smallest absolute Gasteiger partial charge is 0.224 e. The minimum atomic E-state index is -0.0689. The lowest BCUT2D eigenvalue weighted by molar-refractivity contribution is -0.130. The SMILES string of the molecule is CCCC(N)CC(=O)N(C)Cc1ccc(Cl)cc1Cl. The van der Waals surface area contributed by atoms with Crippen LogP contribution in [0.15, 0.2) is 18.2 Å². The predicted octanol–water partition coefficient (Wildman–Crippen LogP) is 3.47. The van der Waals surface area contributed by atoms with E-state index >= 15 is 0 Å². The summed E-state index contributed by atoms with van der Waals surface area (Å²) in [6.07, 6.45) is 2.22. The van der Waals surface area contributed by atoms with E-state index in [4.69, 9.17) is 28.9 Å². The molecule has 0 aliphatic carbocycles. The summed E-state index contributed by atoms with van der Waals surface area (Å²) < 4.78 is 0. The van der Waals surface area contributed by atoms with E-state index in [1.807, 2.05) is 6.07 Å². The van der Waals surface area contributed by atoms with Gasteiger partial charge in [0.2, 0.25) is 5.91 Å². The summed E-state index contributed by atoms with van der Waals surface area (Å²) in [5, 5.41) is 1.16. The molecule has 106 valence electrons. The first-order valence-electron chi connectivity index (χ1n) is 6.37. The molecule has 0 saturated heterocycles. The second-order valence-corrected chi connectivity index (χ2v) is 5.58. The van der Waals surface area contributed by atoms with Crippen molar-refractivity contribution in [1.29, 1.82) is 0 Å².